The first-order valence-electron chi connectivity index (χ1n) is 6.40. The van der Waals surface area contributed by atoms with Gasteiger partial charge in [0, 0.05) is 0 Å². The Balaban J connectivity index is 2.37. The van der Waals surface area contributed by atoms with Gasteiger partial charge in [-0.15, -0.1) is 5.73 Å². The molecule has 2 N–H and O–H groups in total. The average molecular weight is 245 g/mol. The summed E-state index contributed by atoms with van der Waals surface area (Å²) in [5.41, 5.74) is 11.4. The van der Waals surface area contributed by atoms with Crippen LogP contribution in [0.15, 0.2) is 47.7 Å². The minimum absolute atomic E-state index is 0.0799. The molecule has 0 amide bonds. The van der Waals surface area contributed by atoms with Crippen molar-refractivity contribution in [2.45, 2.75) is 33.4 Å². The van der Waals surface area contributed by atoms with Gasteiger partial charge in [0.2, 0.25) is 0 Å². The van der Waals surface area contributed by atoms with Gasteiger partial charge in [0.05, 0.1) is 19.3 Å². The van der Waals surface area contributed by atoms with Gasteiger partial charge in [-0.1, -0.05) is 44.2 Å². The summed E-state index contributed by atoms with van der Waals surface area (Å²) >= 11 is 0. The summed E-state index contributed by atoms with van der Waals surface area (Å²) in [5, 5.41) is 0. The quantitative estimate of drug-likeness (QED) is 0.781. The van der Waals surface area contributed by atoms with Crippen LogP contribution in [0.3, 0.4) is 0 Å². The van der Waals surface area contributed by atoms with Crippen LogP contribution in [0.25, 0.3) is 0 Å². The molecule has 0 aliphatic carbocycles. The molecule has 0 spiro atoms. The molecule has 0 fully saturated rings. The first kappa shape index (κ1) is 14.7. The molecule has 1 aromatic carbocycles. The van der Waals surface area contributed by atoms with Crippen LogP contribution < -0.4 is 5.73 Å². The highest BCUT2D eigenvalue weighted by Crippen LogP contribution is 2.04. The van der Waals surface area contributed by atoms with Crippen molar-refractivity contribution in [2.75, 3.05) is 6.61 Å². The molecule has 98 valence electrons. The molecular formula is C16H23NO. The summed E-state index contributed by atoms with van der Waals surface area (Å²) < 4.78 is 5.61. The van der Waals surface area contributed by atoms with Gasteiger partial charge in [-0.25, -0.2) is 0 Å². The Kier molecular flexibility index (Phi) is 6.45. The Bertz CT molecular complexity index is 402. The van der Waals surface area contributed by atoms with Gasteiger partial charge in [-0.05, 0) is 30.1 Å². The second kappa shape index (κ2) is 7.88. The van der Waals surface area contributed by atoms with Crippen LogP contribution in [-0.4, -0.2) is 12.6 Å². The van der Waals surface area contributed by atoms with E-state index in [-0.39, 0.29) is 6.04 Å². The van der Waals surface area contributed by atoms with E-state index in [0.29, 0.717) is 19.1 Å². The molecule has 0 heterocycles. The van der Waals surface area contributed by atoms with E-state index < -0.39 is 0 Å². The summed E-state index contributed by atoms with van der Waals surface area (Å²) in [6.07, 6.45) is 2.03. The Morgan fingerprint density at radius 3 is 2.61 bits per heavy atom. The summed E-state index contributed by atoms with van der Waals surface area (Å²) in [4.78, 5) is 0. The molecular weight excluding hydrogens is 222 g/mol. The minimum atomic E-state index is -0.0799. The monoisotopic (exact) mass is 245 g/mol. The second-order valence-corrected chi connectivity index (χ2v) is 4.85. The molecule has 0 radical (unpaired) electrons. The molecule has 0 saturated carbocycles. The fourth-order valence-electron chi connectivity index (χ4n) is 1.41. The molecule has 1 atom stereocenters. The van der Waals surface area contributed by atoms with Crippen LogP contribution in [0, 0.1) is 5.92 Å². The maximum absolute atomic E-state index is 6.02. The number of nitrogens with two attached hydrogens (primary N) is 1. The maximum atomic E-state index is 6.02. The third kappa shape index (κ3) is 5.83. The minimum Gasteiger partial charge on any atom is -0.375 e. The van der Waals surface area contributed by atoms with Crippen molar-refractivity contribution in [1.82, 2.24) is 0 Å². The molecule has 18 heavy (non-hydrogen) atoms. The highest BCUT2D eigenvalue weighted by Gasteiger charge is 2.04. The number of hydrogen-bond acceptors (Lipinski definition) is 2. The van der Waals surface area contributed by atoms with E-state index >= 15 is 0 Å². The molecule has 2 nitrogen and oxygen atoms in total. The lowest BCUT2D eigenvalue weighted by atomic mass is 10.1. The molecule has 0 saturated heterocycles. The zero-order valence-electron chi connectivity index (χ0n) is 11.5. The highest BCUT2D eigenvalue weighted by atomic mass is 16.5. The van der Waals surface area contributed by atoms with E-state index in [1.807, 2.05) is 43.3 Å². The first-order valence-corrected chi connectivity index (χ1v) is 6.40. The smallest absolute Gasteiger partial charge is 0.0717 e. The highest BCUT2D eigenvalue weighted by molar-refractivity contribution is 5.13. The summed E-state index contributed by atoms with van der Waals surface area (Å²) in [6, 6.07) is 10.0. The van der Waals surface area contributed by atoms with Gasteiger partial charge < -0.3 is 10.5 Å². The molecule has 0 bridgehead atoms. The Labute approximate surface area is 110 Å². The zero-order chi connectivity index (χ0) is 13.4. The Morgan fingerprint density at radius 2 is 2.00 bits per heavy atom. The predicted octanol–water partition coefficient (Wildman–Crippen LogP) is 3.29. The van der Waals surface area contributed by atoms with E-state index in [9.17, 15) is 0 Å². The van der Waals surface area contributed by atoms with Crippen molar-refractivity contribution in [3.8, 4) is 0 Å². The first-order chi connectivity index (χ1) is 8.59. The van der Waals surface area contributed by atoms with E-state index in [4.69, 9.17) is 10.5 Å². The lowest BCUT2D eigenvalue weighted by Crippen LogP contribution is -2.27. The molecule has 1 aromatic rings. The standard InChI is InChI=1S/C16H23NO/c1-13(2)9-10-14(3)16(17)12-18-11-15-7-5-4-6-8-15/h4-9,13,16H,11-12,17H2,1-3H3/t10?,16-/m0/s1. The van der Waals surface area contributed by atoms with Crippen molar-refractivity contribution < 1.29 is 4.74 Å². The normalized spacial score (nSPS) is 12.1. The maximum Gasteiger partial charge on any atom is 0.0717 e. The van der Waals surface area contributed by atoms with Crippen LogP contribution in [0.4, 0.5) is 0 Å². The molecule has 0 unspecified atom stereocenters. The van der Waals surface area contributed by atoms with Crippen molar-refractivity contribution >= 4 is 0 Å². The van der Waals surface area contributed by atoms with E-state index in [0.717, 1.165) is 5.57 Å². The van der Waals surface area contributed by atoms with Crippen molar-refractivity contribution in [2.24, 2.45) is 11.7 Å². The summed E-state index contributed by atoms with van der Waals surface area (Å²) in [5.74, 6) is 0.498. The predicted molar refractivity (Wildman–Crippen MR) is 76.2 cm³/mol. The van der Waals surface area contributed by atoms with Gasteiger partial charge in [0.15, 0.2) is 0 Å². The Hall–Kier alpha value is -1.34. The fourth-order valence-corrected chi connectivity index (χ4v) is 1.41. The van der Waals surface area contributed by atoms with Crippen molar-refractivity contribution in [3.05, 3.63) is 53.3 Å². The zero-order valence-corrected chi connectivity index (χ0v) is 11.5. The fraction of sp³-hybridized carbons (Fsp3) is 0.438. The van der Waals surface area contributed by atoms with E-state index in [1.165, 1.54) is 5.56 Å². The third-order valence-electron chi connectivity index (χ3n) is 2.61. The number of ether oxygens (including phenoxy) is 1. The largest absolute Gasteiger partial charge is 0.375 e. The number of benzene rings is 1. The van der Waals surface area contributed by atoms with Crippen LogP contribution in [-0.2, 0) is 11.3 Å². The molecule has 0 aliphatic rings. The van der Waals surface area contributed by atoms with Crippen molar-refractivity contribution in [1.29, 1.82) is 0 Å². The van der Waals surface area contributed by atoms with Gasteiger partial charge in [0.25, 0.3) is 0 Å². The van der Waals surface area contributed by atoms with Crippen molar-refractivity contribution in [3.63, 3.8) is 0 Å². The molecule has 0 aliphatic heterocycles. The second-order valence-electron chi connectivity index (χ2n) is 4.85. The van der Waals surface area contributed by atoms with Crippen LogP contribution in [0.1, 0.15) is 26.3 Å². The summed E-state index contributed by atoms with van der Waals surface area (Å²) in [6.45, 7) is 7.38. The third-order valence-corrected chi connectivity index (χ3v) is 2.61. The van der Waals surface area contributed by atoms with Crippen LogP contribution in [0.5, 0.6) is 0 Å². The van der Waals surface area contributed by atoms with Gasteiger partial charge in [-0.3, -0.25) is 0 Å². The lowest BCUT2D eigenvalue weighted by molar-refractivity contribution is 0.114. The van der Waals surface area contributed by atoms with E-state index in [1.54, 1.807) is 0 Å². The van der Waals surface area contributed by atoms with Crippen LogP contribution >= 0.6 is 0 Å². The van der Waals surface area contributed by atoms with Crippen LogP contribution in [0.2, 0.25) is 0 Å². The van der Waals surface area contributed by atoms with Gasteiger partial charge in [-0.2, -0.15) is 0 Å². The summed E-state index contributed by atoms with van der Waals surface area (Å²) in [7, 11) is 0. The average Bonchev–Trinajstić information content (AvgIpc) is 2.37. The molecule has 1 rings (SSSR count). The molecule has 0 aromatic heterocycles. The van der Waals surface area contributed by atoms with Gasteiger partial charge >= 0.3 is 0 Å². The number of hydrogen-bond donors (Lipinski definition) is 1. The number of rotatable bonds is 6. The molecule has 2 heteroatoms. The topological polar surface area (TPSA) is 35.2 Å². The lowest BCUT2D eigenvalue weighted by Gasteiger charge is -2.11. The Morgan fingerprint density at radius 1 is 1.33 bits per heavy atom. The SMILES string of the molecule is CC(=C=CC(C)C)[C@@H](N)COCc1ccccc1. The van der Waals surface area contributed by atoms with E-state index in [2.05, 4.69) is 19.6 Å². The van der Waals surface area contributed by atoms with Gasteiger partial charge in [0.1, 0.15) is 0 Å².